The van der Waals surface area contributed by atoms with Gasteiger partial charge in [0.25, 0.3) is 5.91 Å². The van der Waals surface area contributed by atoms with E-state index in [0.29, 0.717) is 18.2 Å². The van der Waals surface area contributed by atoms with Crippen LogP contribution in [0.15, 0.2) is 36.5 Å². The summed E-state index contributed by atoms with van der Waals surface area (Å²) in [7, 11) is 0. The van der Waals surface area contributed by atoms with E-state index in [9.17, 15) is 4.79 Å². The number of ether oxygens (including phenoxy) is 1. The van der Waals surface area contributed by atoms with Crippen molar-refractivity contribution in [2.45, 2.75) is 6.42 Å². The molecule has 136 valence electrons. The fourth-order valence-corrected chi connectivity index (χ4v) is 3.40. The standard InChI is InChI=1S/C19H23N5O2/c25-18(24-9-6-15-3-1-2-4-17(15)24)16-5-7-20-19(22-16)21-8-10-23-11-13-26-14-12-23/h1-5,7H,6,8-14H2,(H,20,21,22). The van der Waals surface area contributed by atoms with Crippen molar-refractivity contribution in [3.8, 4) is 0 Å². The molecule has 0 spiro atoms. The number of anilines is 2. The van der Waals surface area contributed by atoms with E-state index in [1.165, 1.54) is 5.56 Å². The highest BCUT2D eigenvalue weighted by molar-refractivity contribution is 6.06. The molecule has 0 saturated carbocycles. The lowest BCUT2D eigenvalue weighted by Gasteiger charge is -2.26. The number of para-hydroxylation sites is 1. The summed E-state index contributed by atoms with van der Waals surface area (Å²) in [6, 6.07) is 9.71. The summed E-state index contributed by atoms with van der Waals surface area (Å²) in [6.45, 7) is 5.83. The molecular weight excluding hydrogens is 330 g/mol. The third-order valence-electron chi connectivity index (χ3n) is 4.82. The van der Waals surface area contributed by atoms with Crippen LogP contribution in [-0.2, 0) is 11.2 Å². The molecule has 1 saturated heterocycles. The van der Waals surface area contributed by atoms with Gasteiger partial charge in [-0.15, -0.1) is 0 Å². The molecule has 1 N–H and O–H groups in total. The Morgan fingerprint density at radius 1 is 1.15 bits per heavy atom. The number of hydrogen-bond acceptors (Lipinski definition) is 6. The summed E-state index contributed by atoms with van der Waals surface area (Å²) in [6.07, 6.45) is 2.52. The van der Waals surface area contributed by atoms with E-state index in [2.05, 4.69) is 26.3 Å². The first kappa shape index (κ1) is 16.9. The normalized spacial score (nSPS) is 17.2. The zero-order chi connectivity index (χ0) is 17.8. The van der Waals surface area contributed by atoms with Gasteiger partial charge in [-0.25, -0.2) is 9.97 Å². The molecule has 2 aromatic rings. The van der Waals surface area contributed by atoms with E-state index in [-0.39, 0.29) is 5.91 Å². The van der Waals surface area contributed by atoms with Crippen molar-refractivity contribution in [2.24, 2.45) is 0 Å². The number of nitrogens with one attached hydrogen (secondary N) is 1. The monoisotopic (exact) mass is 353 g/mol. The zero-order valence-electron chi connectivity index (χ0n) is 14.7. The molecule has 1 fully saturated rings. The highest BCUT2D eigenvalue weighted by Crippen LogP contribution is 2.28. The number of fused-ring (bicyclic) bond motifs is 1. The molecule has 0 bridgehead atoms. The van der Waals surface area contributed by atoms with Crippen molar-refractivity contribution in [2.75, 3.05) is 56.2 Å². The van der Waals surface area contributed by atoms with Crippen molar-refractivity contribution >= 4 is 17.5 Å². The summed E-state index contributed by atoms with van der Waals surface area (Å²) in [5, 5.41) is 3.22. The van der Waals surface area contributed by atoms with E-state index < -0.39 is 0 Å². The number of hydrogen-bond donors (Lipinski definition) is 1. The highest BCUT2D eigenvalue weighted by atomic mass is 16.5. The summed E-state index contributed by atoms with van der Waals surface area (Å²) in [4.78, 5) is 25.7. The first-order valence-electron chi connectivity index (χ1n) is 9.08. The Balaban J connectivity index is 1.38. The number of aromatic nitrogens is 2. The second-order valence-corrected chi connectivity index (χ2v) is 6.48. The third-order valence-corrected chi connectivity index (χ3v) is 4.82. The van der Waals surface area contributed by atoms with Gasteiger partial charge in [-0.3, -0.25) is 9.69 Å². The van der Waals surface area contributed by atoms with Crippen LogP contribution in [0.3, 0.4) is 0 Å². The number of rotatable bonds is 5. The first-order valence-corrected chi connectivity index (χ1v) is 9.08. The minimum atomic E-state index is -0.0754. The molecule has 0 radical (unpaired) electrons. The summed E-state index contributed by atoms with van der Waals surface area (Å²) in [5.74, 6) is 0.421. The Morgan fingerprint density at radius 3 is 2.88 bits per heavy atom. The van der Waals surface area contributed by atoms with Crippen LogP contribution >= 0.6 is 0 Å². The van der Waals surface area contributed by atoms with Crippen LogP contribution in [0.4, 0.5) is 11.6 Å². The zero-order valence-corrected chi connectivity index (χ0v) is 14.7. The number of morpholine rings is 1. The second kappa shape index (κ2) is 7.80. The summed E-state index contributed by atoms with van der Waals surface area (Å²) in [5.41, 5.74) is 2.61. The van der Waals surface area contributed by atoms with Crippen LogP contribution in [0.2, 0.25) is 0 Å². The topological polar surface area (TPSA) is 70.6 Å². The lowest BCUT2D eigenvalue weighted by molar-refractivity contribution is 0.0398. The molecule has 1 amide bonds. The van der Waals surface area contributed by atoms with Gasteiger partial charge < -0.3 is 15.0 Å². The van der Waals surface area contributed by atoms with Crippen LogP contribution < -0.4 is 10.2 Å². The smallest absolute Gasteiger partial charge is 0.277 e. The van der Waals surface area contributed by atoms with Gasteiger partial charge in [0.15, 0.2) is 0 Å². The van der Waals surface area contributed by atoms with Crippen molar-refractivity contribution in [1.82, 2.24) is 14.9 Å². The minimum absolute atomic E-state index is 0.0754. The number of benzene rings is 1. The predicted octanol–water partition coefficient (Wildman–Crippen LogP) is 1.42. The van der Waals surface area contributed by atoms with Crippen LogP contribution in [0, 0.1) is 0 Å². The van der Waals surface area contributed by atoms with Gasteiger partial charge in [0.2, 0.25) is 5.95 Å². The highest BCUT2D eigenvalue weighted by Gasteiger charge is 2.26. The van der Waals surface area contributed by atoms with E-state index in [4.69, 9.17) is 4.74 Å². The number of amides is 1. The molecule has 26 heavy (non-hydrogen) atoms. The van der Waals surface area contributed by atoms with Crippen molar-refractivity contribution in [3.63, 3.8) is 0 Å². The molecule has 1 aromatic heterocycles. The van der Waals surface area contributed by atoms with Gasteiger partial charge in [-0.2, -0.15) is 0 Å². The van der Waals surface area contributed by atoms with Crippen molar-refractivity contribution in [3.05, 3.63) is 47.8 Å². The predicted molar refractivity (Wildman–Crippen MR) is 99.6 cm³/mol. The van der Waals surface area contributed by atoms with Crippen LogP contribution in [0.5, 0.6) is 0 Å². The van der Waals surface area contributed by atoms with Crippen LogP contribution in [0.1, 0.15) is 16.1 Å². The van der Waals surface area contributed by atoms with Gasteiger partial charge >= 0.3 is 0 Å². The van der Waals surface area contributed by atoms with Gasteiger partial charge in [0.1, 0.15) is 5.69 Å². The fourth-order valence-electron chi connectivity index (χ4n) is 3.40. The molecule has 1 aromatic carbocycles. The van der Waals surface area contributed by atoms with E-state index >= 15 is 0 Å². The lowest BCUT2D eigenvalue weighted by Crippen LogP contribution is -2.39. The average molecular weight is 353 g/mol. The molecule has 0 unspecified atom stereocenters. The van der Waals surface area contributed by atoms with E-state index in [1.54, 1.807) is 17.2 Å². The Morgan fingerprint density at radius 2 is 2.00 bits per heavy atom. The largest absolute Gasteiger partial charge is 0.379 e. The molecule has 7 heteroatoms. The maximum atomic E-state index is 12.9. The Labute approximate surface area is 153 Å². The van der Waals surface area contributed by atoms with Gasteiger partial charge in [0, 0.05) is 44.6 Å². The van der Waals surface area contributed by atoms with Gasteiger partial charge in [-0.1, -0.05) is 18.2 Å². The van der Waals surface area contributed by atoms with Gasteiger partial charge in [0.05, 0.1) is 13.2 Å². The van der Waals surface area contributed by atoms with Crippen LogP contribution in [0.25, 0.3) is 0 Å². The van der Waals surface area contributed by atoms with E-state index in [0.717, 1.165) is 51.5 Å². The average Bonchev–Trinajstić information content (AvgIpc) is 3.13. The number of carbonyl (C=O) groups excluding carboxylic acids is 1. The minimum Gasteiger partial charge on any atom is -0.379 e. The lowest BCUT2D eigenvalue weighted by atomic mass is 10.2. The van der Waals surface area contributed by atoms with Crippen molar-refractivity contribution in [1.29, 1.82) is 0 Å². The molecular formula is C19H23N5O2. The molecule has 7 nitrogen and oxygen atoms in total. The summed E-state index contributed by atoms with van der Waals surface area (Å²) >= 11 is 0. The molecule has 2 aliphatic rings. The Hall–Kier alpha value is -2.51. The first-order chi connectivity index (χ1) is 12.8. The Kier molecular flexibility index (Phi) is 5.08. The molecule has 4 rings (SSSR count). The Bertz CT molecular complexity index is 776. The second-order valence-electron chi connectivity index (χ2n) is 6.48. The molecule has 0 atom stereocenters. The molecule has 3 heterocycles. The SMILES string of the molecule is O=C(c1ccnc(NCCN2CCOCC2)n1)N1CCc2ccccc21. The fraction of sp³-hybridized carbons (Fsp3) is 0.421. The maximum absolute atomic E-state index is 12.9. The number of carbonyl (C=O) groups is 1. The summed E-state index contributed by atoms with van der Waals surface area (Å²) < 4.78 is 5.35. The maximum Gasteiger partial charge on any atom is 0.277 e. The van der Waals surface area contributed by atoms with Crippen molar-refractivity contribution < 1.29 is 9.53 Å². The van der Waals surface area contributed by atoms with Crippen LogP contribution in [-0.4, -0.2) is 66.7 Å². The van der Waals surface area contributed by atoms with E-state index in [1.807, 2.05) is 18.2 Å². The molecule has 0 aliphatic carbocycles. The quantitative estimate of drug-likeness (QED) is 0.877. The third kappa shape index (κ3) is 3.68. The molecule has 2 aliphatic heterocycles. The number of nitrogens with zero attached hydrogens (tertiary/aromatic N) is 4. The van der Waals surface area contributed by atoms with Gasteiger partial charge in [-0.05, 0) is 24.1 Å².